The Bertz CT molecular complexity index is 755. The van der Waals surface area contributed by atoms with E-state index in [9.17, 15) is 9.59 Å². The minimum atomic E-state index is -0.315. The lowest BCUT2D eigenvalue weighted by atomic mass is 9.88. The fraction of sp³-hybridized carbons (Fsp3) is 0.440. The van der Waals surface area contributed by atoms with E-state index < -0.39 is 0 Å². The summed E-state index contributed by atoms with van der Waals surface area (Å²) < 4.78 is 0. The van der Waals surface area contributed by atoms with Crippen molar-refractivity contribution in [3.8, 4) is 0 Å². The van der Waals surface area contributed by atoms with Crippen LogP contribution < -0.4 is 5.32 Å². The van der Waals surface area contributed by atoms with Gasteiger partial charge in [-0.3, -0.25) is 9.59 Å². The number of rotatable bonds is 12. The Kier molecular flexibility index (Phi) is 9.58. The molecular formula is C25H33NO3. The zero-order chi connectivity index (χ0) is 21.1. The first kappa shape index (κ1) is 22.8. The van der Waals surface area contributed by atoms with Gasteiger partial charge >= 0.3 is 0 Å². The van der Waals surface area contributed by atoms with Crippen LogP contribution in [0.5, 0.6) is 0 Å². The maximum absolute atomic E-state index is 12.9. The summed E-state index contributed by atoms with van der Waals surface area (Å²) in [5, 5.41) is 12.1. The quantitative estimate of drug-likeness (QED) is 0.488. The Morgan fingerprint density at radius 3 is 2.28 bits per heavy atom. The largest absolute Gasteiger partial charge is 0.392 e. The van der Waals surface area contributed by atoms with Crippen LogP contribution in [0.15, 0.2) is 54.6 Å². The van der Waals surface area contributed by atoms with Crippen LogP contribution in [0.2, 0.25) is 0 Å². The predicted molar refractivity (Wildman–Crippen MR) is 118 cm³/mol. The first-order chi connectivity index (χ1) is 14.0. The van der Waals surface area contributed by atoms with Gasteiger partial charge in [0.2, 0.25) is 5.91 Å². The molecule has 0 saturated heterocycles. The van der Waals surface area contributed by atoms with Crippen molar-refractivity contribution in [3.05, 3.63) is 65.7 Å². The van der Waals surface area contributed by atoms with E-state index in [4.69, 9.17) is 5.11 Å². The van der Waals surface area contributed by atoms with Gasteiger partial charge in [-0.2, -0.15) is 0 Å². The predicted octanol–water partition coefficient (Wildman–Crippen LogP) is 5.15. The van der Waals surface area contributed by atoms with Gasteiger partial charge in [-0.1, -0.05) is 75.6 Å². The molecule has 156 valence electrons. The molecular weight excluding hydrogens is 362 g/mol. The van der Waals surface area contributed by atoms with Gasteiger partial charge in [0, 0.05) is 23.9 Å². The lowest BCUT2D eigenvalue weighted by molar-refractivity contribution is -0.128. The number of nitrogens with one attached hydrogen (secondary N) is 1. The molecule has 29 heavy (non-hydrogen) atoms. The summed E-state index contributed by atoms with van der Waals surface area (Å²) in [4.78, 5) is 25.7. The van der Waals surface area contributed by atoms with Gasteiger partial charge in [0.15, 0.2) is 0 Å². The first-order valence-electron chi connectivity index (χ1n) is 10.6. The number of aliphatic hydroxyl groups excluding tert-OH is 1. The zero-order valence-corrected chi connectivity index (χ0v) is 17.6. The highest BCUT2D eigenvalue weighted by Crippen LogP contribution is 2.21. The van der Waals surface area contributed by atoms with Gasteiger partial charge < -0.3 is 10.4 Å². The molecule has 0 aliphatic rings. The van der Waals surface area contributed by atoms with Crippen molar-refractivity contribution in [2.45, 2.75) is 59.0 Å². The van der Waals surface area contributed by atoms with Crippen molar-refractivity contribution < 1.29 is 14.7 Å². The van der Waals surface area contributed by atoms with Crippen LogP contribution in [-0.4, -0.2) is 16.8 Å². The summed E-state index contributed by atoms with van der Waals surface area (Å²) in [6.45, 7) is 4.05. The molecule has 0 bridgehead atoms. The van der Waals surface area contributed by atoms with Crippen molar-refractivity contribution in [2.24, 2.45) is 11.8 Å². The number of carbonyl (C=O) groups is 2. The Labute approximate surface area is 174 Å². The molecule has 2 aromatic carbocycles. The molecule has 0 heterocycles. The Morgan fingerprint density at radius 1 is 0.966 bits per heavy atom. The van der Waals surface area contributed by atoms with E-state index >= 15 is 0 Å². The molecule has 0 spiro atoms. The van der Waals surface area contributed by atoms with E-state index in [0.29, 0.717) is 12.1 Å². The van der Waals surface area contributed by atoms with Crippen molar-refractivity contribution in [3.63, 3.8) is 0 Å². The number of anilines is 1. The van der Waals surface area contributed by atoms with Crippen LogP contribution in [0.4, 0.5) is 5.69 Å². The monoisotopic (exact) mass is 395 g/mol. The van der Waals surface area contributed by atoms with Crippen molar-refractivity contribution in [1.29, 1.82) is 0 Å². The van der Waals surface area contributed by atoms with Gasteiger partial charge in [0.05, 0.1) is 6.61 Å². The van der Waals surface area contributed by atoms with Crippen molar-refractivity contribution in [1.82, 2.24) is 0 Å². The summed E-state index contributed by atoms with van der Waals surface area (Å²) in [5.41, 5.74) is 2.63. The smallest absolute Gasteiger partial charge is 0.227 e. The van der Waals surface area contributed by atoms with E-state index in [0.717, 1.165) is 36.8 Å². The number of carbonyl (C=O) groups excluding carboxylic acids is 2. The molecule has 0 aliphatic carbocycles. The number of benzene rings is 2. The first-order valence-corrected chi connectivity index (χ1v) is 10.6. The summed E-state index contributed by atoms with van der Waals surface area (Å²) >= 11 is 0. The van der Waals surface area contributed by atoms with Crippen LogP contribution in [0, 0.1) is 11.8 Å². The molecule has 2 aromatic rings. The lowest BCUT2D eigenvalue weighted by Crippen LogP contribution is -2.27. The molecule has 0 fully saturated rings. The molecule has 0 radical (unpaired) electrons. The fourth-order valence-electron chi connectivity index (χ4n) is 3.43. The molecule has 2 rings (SSSR count). The zero-order valence-electron chi connectivity index (χ0n) is 17.6. The maximum atomic E-state index is 12.9. The maximum Gasteiger partial charge on any atom is 0.227 e. The molecule has 4 heteroatoms. The topological polar surface area (TPSA) is 66.4 Å². The number of aliphatic hydroxyl groups is 1. The Hall–Kier alpha value is -2.46. The fourth-order valence-corrected chi connectivity index (χ4v) is 3.43. The van der Waals surface area contributed by atoms with Crippen LogP contribution in [-0.2, 0) is 22.6 Å². The van der Waals surface area contributed by atoms with E-state index in [1.807, 2.05) is 37.3 Å². The van der Waals surface area contributed by atoms with Crippen molar-refractivity contribution >= 4 is 17.4 Å². The van der Waals surface area contributed by atoms with Crippen LogP contribution in [0.3, 0.4) is 0 Å². The third-order valence-corrected chi connectivity index (χ3v) is 5.31. The molecule has 0 aliphatic heterocycles. The molecule has 0 aromatic heterocycles. The van der Waals surface area contributed by atoms with Crippen molar-refractivity contribution in [2.75, 3.05) is 5.32 Å². The highest BCUT2D eigenvalue weighted by Gasteiger charge is 2.24. The summed E-state index contributed by atoms with van der Waals surface area (Å²) in [6, 6.07) is 17.1. The normalized spacial score (nSPS) is 12.9. The highest BCUT2D eigenvalue weighted by atomic mass is 16.3. The van der Waals surface area contributed by atoms with Gasteiger partial charge in [0.25, 0.3) is 0 Å². The highest BCUT2D eigenvalue weighted by molar-refractivity contribution is 5.95. The second-order valence-electron chi connectivity index (χ2n) is 7.80. The second kappa shape index (κ2) is 12.2. The summed E-state index contributed by atoms with van der Waals surface area (Å²) in [6.07, 6.45) is 4.78. The van der Waals surface area contributed by atoms with Gasteiger partial charge in [-0.05, 0) is 36.1 Å². The minimum absolute atomic E-state index is 0.0261. The van der Waals surface area contributed by atoms with Gasteiger partial charge in [-0.15, -0.1) is 0 Å². The average molecular weight is 396 g/mol. The second-order valence-corrected chi connectivity index (χ2v) is 7.80. The van der Waals surface area contributed by atoms with Gasteiger partial charge in [0.1, 0.15) is 5.78 Å². The number of hydrogen-bond acceptors (Lipinski definition) is 3. The van der Waals surface area contributed by atoms with Gasteiger partial charge in [-0.25, -0.2) is 0 Å². The average Bonchev–Trinajstić information content (AvgIpc) is 2.74. The molecule has 2 atom stereocenters. The molecule has 0 unspecified atom stereocenters. The number of ketones is 1. The minimum Gasteiger partial charge on any atom is -0.392 e. The Morgan fingerprint density at radius 2 is 1.66 bits per heavy atom. The van der Waals surface area contributed by atoms with Crippen LogP contribution >= 0.6 is 0 Å². The third-order valence-electron chi connectivity index (χ3n) is 5.31. The Balaban J connectivity index is 1.99. The van der Waals surface area contributed by atoms with E-state index in [1.165, 1.54) is 0 Å². The standard InChI is InChI=1S/C25H33NO3/c1-3-4-6-11-22(25(29)26-23-14-12-21(18-27)13-15-23)17-24(28)19(2)16-20-9-7-5-8-10-20/h5,7-10,12-15,19,22,27H,3-4,6,11,16-18H2,1-2H3,(H,26,29)/t19-,22+/m0/s1. The molecule has 0 saturated carbocycles. The molecule has 1 amide bonds. The molecule has 4 nitrogen and oxygen atoms in total. The van der Waals surface area contributed by atoms with E-state index in [2.05, 4.69) is 12.2 Å². The number of amides is 1. The van der Waals surface area contributed by atoms with Crippen LogP contribution in [0.25, 0.3) is 0 Å². The number of hydrogen-bond donors (Lipinski definition) is 2. The SMILES string of the molecule is CCCCC[C@H](CC(=O)[C@@H](C)Cc1ccccc1)C(=O)Nc1ccc(CO)cc1. The summed E-state index contributed by atoms with van der Waals surface area (Å²) in [5.74, 6) is -0.383. The van der Waals surface area contributed by atoms with E-state index in [-0.39, 0.29) is 36.6 Å². The lowest BCUT2D eigenvalue weighted by Gasteiger charge is -2.19. The molecule has 2 N–H and O–H groups in total. The number of unbranched alkanes of at least 4 members (excludes halogenated alkanes) is 2. The van der Waals surface area contributed by atoms with Crippen LogP contribution in [0.1, 0.15) is 57.1 Å². The summed E-state index contributed by atoms with van der Waals surface area (Å²) in [7, 11) is 0. The number of Topliss-reactive ketones (excluding diaryl/α,β-unsaturated/α-hetero) is 1. The third kappa shape index (κ3) is 7.82. The van der Waals surface area contributed by atoms with E-state index in [1.54, 1.807) is 24.3 Å².